The lowest BCUT2D eigenvalue weighted by atomic mass is 10.2. The van der Waals surface area contributed by atoms with E-state index in [0.717, 1.165) is 5.56 Å². The second kappa shape index (κ2) is 8.33. The van der Waals surface area contributed by atoms with E-state index >= 15 is 0 Å². The molecule has 0 spiro atoms. The van der Waals surface area contributed by atoms with Crippen molar-refractivity contribution in [1.82, 2.24) is 5.32 Å². The standard InChI is InChI=1S/C19H17NO2/c1-2-15-22-18-12-10-17(11-13-18)19(21)20-14-6-9-16-7-4-3-5-8-16/h2-5,7-8,10-13H,1,14-15H2,(H,20,21). The Bertz CT molecular complexity index is 679. The molecule has 110 valence electrons. The third-order valence-corrected chi connectivity index (χ3v) is 2.83. The molecule has 2 rings (SSSR count). The number of carbonyl (C=O) groups excluding carboxylic acids is 1. The maximum absolute atomic E-state index is 11.9. The van der Waals surface area contributed by atoms with Gasteiger partial charge in [0.1, 0.15) is 12.4 Å². The van der Waals surface area contributed by atoms with Crippen molar-refractivity contribution in [2.45, 2.75) is 0 Å². The molecule has 0 aromatic heterocycles. The second-order valence-corrected chi connectivity index (χ2v) is 4.47. The van der Waals surface area contributed by atoms with Crippen LogP contribution >= 0.6 is 0 Å². The zero-order valence-corrected chi connectivity index (χ0v) is 12.2. The van der Waals surface area contributed by atoms with Crippen molar-refractivity contribution in [3.8, 4) is 17.6 Å². The largest absolute Gasteiger partial charge is 0.490 e. The molecule has 22 heavy (non-hydrogen) atoms. The van der Waals surface area contributed by atoms with Gasteiger partial charge >= 0.3 is 0 Å². The Kier molecular flexibility index (Phi) is 5.83. The van der Waals surface area contributed by atoms with Crippen molar-refractivity contribution in [2.24, 2.45) is 0 Å². The van der Waals surface area contributed by atoms with Gasteiger partial charge in [0.05, 0.1) is 6.54 Å². The fourth-order valence-electron chi connectivity index (χ4n) is 1.75. The molecule has 1 amide bonds. The Balaban J connectivity index is 1.85. The highest BCUT2D eigenvalue weighted by atomic mass is 16.5. The highest BCUT2D eigenvalue weighted by Gasteiger charge is 2.03. The molecule has 0 aliphatic carbocycles. The molecule has 0 aliphatic rings. The van der Waals surface area contributed by atoms with Crippen molar-refractivity contribution in [3.63, 3.8) is 0 Å². The lowest BCUT2D eigenvalue weighted by Crippen LogP contribution is -2.23. The summed E-state index contributed by atoms with van der Waals surface area (Å²) < 4.78 is 5.37. The predicted octanol–water partition coefficient (Wildman–Crippen LogP) is 3.03. The average Bonchev–Trinajstić information content (AvgIpc) is 2.58. The van der Waals surface area contributed by atoms with Gasteiger partial charge in [-0.2, -0.15) is 0 Å². The maximum atomic E-state index is 11.9. The molecular formula is C19H17NO2. The van der Waals surface area contributed by atoms with Crippen molar-refractivity contribution >= 4 is 5.91 Å². The van der Waals surface area contributed by atoms with Crippen molar-refractivity contribution in [3.05, 3.63) is 78.4 Å². The van der Waals surface area contributed by atoms with E-state index < -0.39 is 0 Å². The predicted molar refractivity (Wildman–Crippen MR) is 87.8 cm³/mol. The molecule has 0 radical (unpaired) electrons. The number of ether oxygens (including phenoxy) is 1. The van der Waals surface area contributed by atoms with Crippen LogP contribution < -0.4 is 10.1 Å². The molecule has 0 aliphatic heterocycles. The molecule has 0 saturated carbocycles. The van der Waals surface area contributed by atoms with E-state index in [9.17, 15) is 4.79 Å². The zero-order chi connectivity index (χ0) is 15.6. The quantitative estimate of drug-likeness (QED) is 0.679. The van der Waals surface area contributed by atoms with Gasteiger partial charge in [-0.1, -0.05) is 42.7 Å². The van der Waals surface area contributed by atoms with Gasteiger partial charge in [0, 0.05) is 11.1 Å². The van der Waals surface area contributed by atoms with Crippen LogP contribution in [0.25, 0.3) is 0 Å². The third kappa shape index (κ3) is 4.84. The molecule has 0 heterocycles. The third-order valence-electron chi connectivity index (χ3n) is 2.83. The van der Waals surface area contributed by atoms with Gasteiger partial charge in [0.25, 0.3) is 5.91 Å². The zero-order valence-electron chi connectivity index (χ0n) is 12.2. The summed E-state index contributed by atoms with van der Waals surface area (Å²) in [6, 6.07) is 16.6. The fourth-order valence-corrected chi connectivity index (χ4v) is 1.75. The summed E-state index contributed by atoms with van der Waals surface area (Å²) in [4.78, 5) is 11.9. The summed E-state index contributed by atoms with van der Waals surface area (Å²) in [5, 5.41) is 2.76. The highest BCUT2D eigenvalue weighted by Crippen LogP contribution is 2.11. The number of amides is 1. The summed E-state index contributed by atoms with van der Waals surface area (Å²) in [5.41, 5.74) is 1.51. The fraction of sp³-hybridized carbons (Fsp3) is 0.105. The van der Waals surface area contributed by atoms with E-state index in [0.29, 0.717) is 24.5 Å². The van der Waals surface area contributed by atoms with E-state index in [1.165, 1.54) is 0 Å². The van der Waals surface area contributed by atoms with Crippen LogP contribution in [0.4, 0.5) is 0 Å². The van der Waals surface area contributed by atoms with Crippen LogP contribution in [0, 0.1) is 11.8 Å². The topological polar surface area (TPSA) is 38.3 Å². The first kappa shape index (κ1) is 15.4. The molecule has 2 aromatic carbocycles. The van der Waals surface area contributed by atoms with Gasteiger partial charge in [-0.3, -0.25) is 4.79 Å². The minimum atomic E-state index is -0.155. The first-order valence-electron chi connectivity index (χ1n) is 6.95. The number of hydrogen-bond acceptors (Lipinski definition) is 2. The molecule has 1 N–H and O–H groups in total. The SMILES string of the molecule is C=CCOc1ccc(C(=O)NCC#Cc2ccccc2)cc1. The van der Waals surface area contributed by atoms with E-state index in [2.05, 4.69) is 23.7 Å². The molecule has 0 saturated heterocycles. The number of benzene rings is 2. The molecule has 2 aromatic rings. The van der Waals surface area contributed by atoms with Gasteiger partial charge < -0.3 is 10.1 Å². The molecule has 3 heteroatoms. The molecule has 0 fully saturated rings. The van der Waals surface area contributed by atoms with Crippen LogP contribution in [0.2, 0.25) is 0 Å². The summed E-state index contributed by atoms with van der Waals surface area (Å²) in [7, 11) is 0. The Morgan fingerprint density at radius 1 is 1.14 bits per heavy atom. The molecular weight excluding hydrogens is 274 g/mol. The van der Waals surface area contributed by atoms with E-state index in [4.69, 9.17) is 4.74 Å². The van der Waals surface area contributed by atoms with E-state index in [-0.39, 0.29) is 5.91 Å². The van der Waals surface area contributed by atoms with E-state index in [1.807, 2.05) is 30.3 Å². The summed E-state index contributed by atoms with van der Waals surface area (Å²) >= 11 is 0. The van der Waals surface area contributed by atoms with Gasteiger partial charge in [-0.25, -0.2) is 0 Å². The van der Waals surface area contributed by atoms with Gasteiger partial charge in [-0.15, -0.1) is 0 Å². The average molecular weight is 291 g/mol. The number of nitrogens with one attached hydrogen (secondary N) is 1. The molecule has 0 unspecified atom stereocenters. The normalized spacial score (nSPS) is 9.27. The van der Waals surface area contributed by atoms with Crippen molar-refractivity contribution < 1.29 is 9.53 Å². The summed E-state index contributed by atoms with van der Waals surface area (Å²) in [6.45, 7) is 4.34. The Morgan fingerprint density at radius 2 is 1.86 bits per heavy atom. The molecule has 3 nitrogen and oxygen atoms in total. The summed E-state index contributed by atoms with van der Waals surface area (Å²) in [6.07, 6.45) is 1.67. The second-order valence-electron chi connectivity index (χ2n) is 4.47. The summed E-state index contributed by atoms with van der Waals surface area (Å²) in [5.74, 6) is 6.47. The Morgan fingerprint density at radius 3 is 2.55 bits per heavy atom. The van der Waals surface area contributed by atoms with Gasteiger partial charge in [0.2, 0.25) is 0 Å². The minimum Gasteiger partial charge on any atom is -0.490 e. The Labute approximate surface area is 130 Å². The van der Waals surface area contributed by atoms with Crippen molar-refractivity contribution in [2.75, 3.05) is 13.2 Å². The van der Waals surface area contributed by atoms with Crippen LogP contribution in [0.1, 0.15) is 15.9 Å². The number of hydrogen-bond donors (Lipinski definition) is 1. The Hall–Kier alpha value is -2.99. The number of rotatable bonds is 5. The number of carbonyl (C=O) groups is 1. The van der Waals surface area contributed by atoms with Gasteiger partial charge in [0.15, 0.2) is 0 Å². The molecule has 0 atom stereocenters. The highest BCUT2D eigenvalue weighted by molar-refractivity contribution is 5.94. The lowest BCUT2D eigenvalue weighted by molar-refractivity contribution is 0.0958. The monoisotopic (exact) mass is 291 g/mol. The van der Waals surface area contributed by atoms with Crippen LogP contribution in [0.15, 0.2) is 67.3 Å². The smallest absolute Gasteiger partial charge is 0.252 e. The first-order valence-corrected chi connectivity index (χ1v) is 6.95. The molecule has 0 bridgehead atoms. The van der Waals surface area contributed by atoms with E-state index in [1.54, 1.807) is 30.3 Å². The maximum Gasteiger partial charge on any atom is 0.252 e. The van der Waals surface area contributed by atoms with Crippen LogP contribution in [-0.2, 0) is 0 Å². The van der Waals surface area contributed by atoms with Gasteiger partial charge in [-0.05, 0) is 36.4 Å². The van der Waals surface area contributed by atoms with Crippen LogP contribution in [0.3, 0.4) is 0 Å². The van der Waals surface area contributed by atoms with Crippen molar-refractivity contribution in [1.29, 1.82) is 0 Å². The van der Waals surface area contributed by atoms with Crippen LogP contribution in [0.5, 0.6) is 5.75 Å². The minimum absolute atomic E-state index is 0.155. The van der Waals surface area contributed by atoms with Crippen LogP contribution in [-0.4, -0.2) is 19.1 Å². The lowest BCUT2D eigenvalue weighted by Gasteiger charge is -2.05. The first-order chi connectivity index (χ1) is 10.8.